The van der Waals surface area contributed by atoms with Gasteiger partial charge in [0.2, 0.25) is 5.91 Å². The lowest BCUT2D eigenvalue weighted by Crippen LogP contribution is -2.63. The molecule has 1 fully saturated rings. The first-order valence-corrected chi connectivity index (χ1v) is 16.4. The summed E-state index contributed by atoms with van der Waals surface area (Å²) in [4.78, 5) is 65.4. The number of thiocarbonyl (C=S) groups is 1. The van der Waals surface area contributed by atoms with E-state index in [-0.39, 0.29) is 54.7 Å². The van der Waals surface area contributed by atoms with Crippen LogP contribution in [0.2, 0.25) is 0 Å². The van der Waals surface area contributed by atoms with Crippen molar-refractivity contribution in [2.75, 3.05) is 6.54 Å². The first-order chi connectivity index (χ1) is 20.4. The minimum Gasteiger partial charge on any atom is -0.480 e. The number of nitrogens with one attached hydrogen (secondary N) is 3. The number of rotatable bonds is 17. The number of carbonyl (C=O) groups is 5. The third kappa shape index (κ3) is 11.9. The van der Waals surface area contributed by atoms with Gasteiger partial charge in [0.05, 0.1) is 11.0 Å². The second-order valence-electron chi connectivity index (χ2n) is 13.0. The van der Waals surface area contributed by atoms with Gasteiger partial charge in [0.15, 0.2) is 17.1 Å². The molecule has 0 bridgehead atoms. The average Bonchev–Trinajstić information content (AvgIpc) is 3.64. The predicted octanol–water partition coefficient (Wildman–Crippen LogP) is 4.06. The molecule has 0 aromatic carbocycles. The zero-order chi connectivity index (χ0) is 33.1. The molecule has 13 heteroatoms. The molecule has 1 saturated carbocycles. The smallest absolute Gasteiger partial charge is 0.407 e. The van der Waals surface area contributed by atoms with Crippen LogP contribution >= 0.6 is 23.6 Å². The van der Waals surface area contributed by atoms with Crippen LogP contribution in [0, 0.1) is 5.92 Å². The maximum atomic E-state index is 13.8. The number of hydrogen-bond acceptors (Lipinski definition) is 9. The van der Waals surface area contributed by atoms with E-state index >= 15 is 0 Å². The maximum Gasteiger partial charge on any atom is 0.407 e. The van der Waals surface area contributed by atoms with Crippen LogP contribution in [-0.4, -0.2) is 68.9 Å². The van der Waals surface area contributed by atoms with Crippen molar-refractivity contribution in [3.8, 4) is 0 Å². The molecule has 1 aliphatic carbocycles. The van der Waals surface area contributed by atoms with Crippen LogP contribution in [-0.2, 0) is 30.3 Å². The molecule has 44 heavy (non-hydrogen) atoms. The van der Waals surface area contributed by atoms with E-state index < -0.39 is 40.7 Å². The van der Waals surface area contributed by atoms with Crippen molar-refractivity contribution in [1.82, 2.24) is 16.0 Å². The molecule has 6 N–H and O–H groups in total. The fourth-order valence-electron chi connectivity index (χ4n) is 4.97. The number of Topliss-reactive ketones (excluding diaryl/α,β-unsaturated/α-hetero) is 2. The molecule has 2 atom stereocenters. The first kappa shape index (κ1) is 37.3. The van der Waals surface area contributed by atoms with Crippen molar-refractivity contribution < 1.29 is 33.8 Å². The molecule has 1 heterocycles. The molecule has 0 unspecified atom stereocenters. The molecule has 0 saturated heterocycles. The van der Waals surface area contributed by atoms with Crippen LogP contribution in [0.5, 0.6) is 0 Å². The van der Waals surface area contributed by atoms with Crippen LogP contribution in [0.4, 0.5) is 4.79 Å². The summed E-state index contributed by atoms with van der Waals surface area (Å²) in [5.74, 6) is -2.73. The predicted molar refractivity (Wildman–Crippen MR) is 174 cm³/mol. The second kappa shape index (κ2) is 16.4. The highest BCUT2D eigenvalue weighted by Crippen LogP contribution is 2.31. The fourth-order valence-corrected chi connectivity index (χ4v) is 6.08. The van der Waals surface area contributed by atoms with Gasteiger partial charge in [-0.05, 0) is 78.2 Å². The summed E-state index contributed by atoms with van der Waals surface area (Å²) in [6, 6.07) is 2.75. The van der Waals surface area contributed by atoms with Crippen LogP contribution in [0.25, 0.3) is 0 Å². The number of alkyl carbamates (subject to hydrolysis) is 1. The van der Waals surface area contributed by atoms with Crippen LogP contribution in [0.1, 0.15) is 97.3 Å². The molecule has 2 amide bonds. The lowest BCUT2D eigenvalue weighted by Gasteiger charge is -2.31. The Kier molecular flexibility index (Phi) is 13.9. The molecule has 1 aromatic heterocycles. The number of thiophene rings is 1. The van der Waals surface area contributed by atoms with Gasteiger partial charge in [0, 0.05) is 36.6 Å². The van der Waals surface area contributed by atoms with Gasteiger partial charge in [0.1, 0.15) is 11.1 Å². The van der Waals surface area contributed by atoms with E-state index in [0.29, 0.717) is 25.7 Å². The number of unbranched alkanes of at least 4 members (excludes halogenated alkanes) is 1. The summed E-state index contributed by atoms with van der Waals surface area (Å²) in [7, 11) is 0. The number of carbonyl (C=O) groups excluding carboxylic acids is 4. The number of ether oxygens (including phenoxy) is 1. The quantitative estimate of drug-likeness (QED) is 0.0937. The van der Waals surface area contributed by atoms with Gasteiger partial charge in [-0.25, -0.2) is 9.59 Å². The Balaban J connectivity index is 2.14. The molecular formula is C31H48N4O7S2. The largest absolute Gasteiger partial charge is 0.480 e. The van der Waals surface area contributed by atoms with E-state index in [1.54, 1.807) is 20.8 Å². The molecule has 2 rings (SSSR count). The normalized spacial score (nSPS) is 16.0. The lowest BCUT2D eigenvalue weighted by atomic mass is 9.80. The van der Waals surface area contributed by atoms with Crippen molar-refractivity contribution in [2.24, 2.45) is 11.7 Å². The van der Waals surface area contributed by atoms with E-state index in [4.69, 9.17) is 22.7 Å². The van der Waals surface area contributed by atoms with Crippen LogP contribution in [0.3, 0.4) is 0 Å². The van der Waals surface area contributed by atoms with Crippen molar-refractivity contribution >= 4 is 58.1 Å². The summed E-state index contributed by atoms with van der Waals surface area (Å²) in [5.41, 5.74) is 2.90. The molecular weight excluding hydrogens is 604 g/mol. The Morgan fingerprint density at radius 1 is 1.09 bits per heavy atom. The van der Waals surface area contributed by atoms with E-state index in [2.05, 4.69) is 16.0 Å². The van der Waals surface area contributed by atoms with Gasteiger partial charge in [-0.2, -0.15) is 0 Å². The van der Waals surface area contributed by atoms with Gasteiger partial charge in [-0.3, -0.25) is 14.4 Å². The summed E-state index contributed by atoms with van der Waals surface area (Å²) < 4.78 is 5.24. The van der Waals surface area contributed by atoms with Crippen molar-refractivity contribution in [3.05, 3.63) is 22.4 Å². The monoisotopic (exact) mass is 652 g/mol. The lowest BCUT2D eigenvalue weighted by molar-refractivity contribution is -0.143. The highest BCUT2D eigenvalue weighted by Gasteiger charge is 2.46. The number of amides is 2. The number of nitrogens with two attached hydrogens (primary N) is 1. The summed E-state index contributed by atoms with van der Waals surface area (Å²) in [5, 5.41) is 19.5. The van der Waals surface area contributed by atoms with Crippen molar-refractivity contribution in [3.63, 3.8) is 0 Å². The minimum atomic E-state index is -1.84. The molecule has 0 radical (unpaired) electrons. The van der Waals surface area contributed by atoms with Gasteiger partial charge >= 0.3 is 12.1 Å². The minimum absolute atomic E-state index is 0.0394. The number of hydrogen-bond donors (Lipinski definition) is 5. The molecule has 0 aliphatic heterocycles. The van der Waals surface area contributed by atoms with E-state index in [1.165, 1.54) is 25.2 Å². The van der Waals surface area contributed by atoms with Crippen LogP contribution in [0.15, 0.2) is 17.5 Å². The highest BCUT2D eigenvalue weighted by atomic mass is 32.1. The van der Waals surface area contributed by atoms with E-state index in [0.717, 1.165) is 17.7 Å². The molecule has 0 spiro atoms. The Hall–Kier alpha value is -2.90. The van der Waals surface area contributed by atoms with Gasteiger partial charge < -0.3 is 31.5 Å². The Bertz CT molecular complexity index is 1170. The third-order valence-electron chi connectivity index (χ3n) is 7.50. The SMILES string of the molecule is CC(C)(C)OC(=O)NCCCC[C@](N)(C(=O)N[C@@H](Cc1cccs1)C(=O)CCC(=S)NC(C)(C)C(=O)O)C(=O)C1CCCC1. The summed E-state index contributed by atoms with van der Waals surface area (Å²) in [6.45, 7) is 8.54. The fraction of sp³-hybridized carbons (Fsp3) is 0.677. The number of carboxylic acid groups (broad SMARTS) is 1. The van der Waals surface area contributed by atoms with E-state index in [1.807, 2.05) is 17.5 Å². The Labute approximate surface area is 269 Å². The van der Waals surface area contributed by atoms with Gasteiger partial charge in [-0.1, -0.05) is 31.1 Å². The third-order valence-corrected chi connectivity index (χ3v) is 8.71. The first-order valence-electron chi connectivity index (χ1n) is 15.1. The van der Waals surface area contributed by atoms with E-state index in [9.17, 15) is 29.1 Å². The molecule has 11 nitrogen and oxygen atoms in total. The standard InChI is InChI=1S/C31H48N4O7S2/c1-29(2,3)42-28(41)33-17-9-8-16-31(32,25(37)20-11-6-7-12-20)26(38)34-22(19-21-13-10-18-44-21)23(36)14-15-24(43)35-30(4,5)27(39)40/h10,13,18,20,22H,6-9,11-12,14-17,19,32H2,1-5H3,(H,33,41)(H,34,38)(H,35,43)(H,39,40)/t22-,31+/m0/s1. The molecule has 246 valence electrons. The number of carboxylic acids is 1. The van der Waals surface area contributed by atoms with Gasteiger partial charge in [0.25, 0.3) is 0 Å². The van der Waals surface area contributed by atoms with Crippen molar-refractivity contribution in [1.29, 1.82) is 0 Å². The van der Waals surface area contributed by atoms with Crippen LogP contribution < -0.4 is 21.7 Å². The Morgan fingerprint density at radius 3 is 2.32 bits per heavy atom. The zero-order valence-corrected chi connectivity index (χ0v) is 28.1. The second-order valence-corrected chi connectivity index (χ2v) is 14.5. The van der Waals surface area contributed by atoms with Gasteiger partial charge in [-0.15, -0.1) is 11.3 Å². The molecule has 1 aliphatic rings. The summed E-state index contributed by atoms with van der Waals surface area (Å²) in [6.07, 6.45) is 3.76. The summed E-state index contributed by atoms with van der Waals surface area (Å²) >= 11 is 6.73. The maximum absolute atomic E-state index is 13.8. The topological polar surface area (TPSA) is 177 Å². The number of ketones is 2. The Morgan fingerprint density at radius 2 is 1.75 bits per heavy atom. The highest BCUT2D eigenvalue weighted by molar-refractivity contribution is 7.80. The molecule has 1 aromatic rings. The zero-order valence-electron chi connectivity index (χ0n) is 26.5. The number of aliphatic carboxylic acids is 1. The van der Waals surface area contributed by atoms with Crippen molar-refractivity contribution in [2.45, 2.75) is 122 Å². The average molecular weight is 653 g/mol.